The smallest absolute Gasteiger partial charge is 0.148 e. The molecule has 0 aliphatic heterocycles. The Kier molecular flexibility index (Phi) is 3.74. The SMILES string of the molecule is CCCC(C)Nc1c(N)cccc1F. The van der Waals surface area contributed by atoms with Crippen LogP contribution in [0.2, 0.25) is 0 Å². The number of halogens is 1. The van der Waals surface area contributed by atoms with Crippen LogP contribution >= 0.6 is 0 Å². The maximum absolute atomic E-state index is 13.3. The van der Waals surface area contributed by atoms with Gasteiger partial charge in [-0.05, 0) is 25.5 Å². The van der Waals surface area contributed by atoms with Crippen LogP contribution in [0, 0.1) is 5.82 Å². The first-order chi connectivity index (χ1) is 6.65. The third-order valence-electron chi connectivity index (χ3n) is 2.16. The largest absolute Gasteiger partial charge is 0.397 e. The fourth-order valence-electron chi connectivity index (χ4n) is 1.44. The molecule has 3 heteroatoms. The Labute approximate surface area is 84.3 Å². The van der Waals surface area contributed by atoms with Crippen LogP contribution in [0.4, 0.5) is 15.8 Å². The van der Waals surface area contributed by atoms with E-state index in [-0.39, 0.29) is 11.9 Å². The van der Waals surface area contributed by atoms with Gasteiger partial charge in [-0.25, -0.2) is 4.39 Å². The van der Waals surface area contributed by atoms with Gasteiger partial charge in [0.25, 0.3) is 0 Å². The van der Waals surface area contributed by atoms with Crippen LogP contribution in [0.25, 0.3) is 0 Å². The van der Waals surface area contributed by atoms with E-state index < -0.39 is 0 Å². The number of nitrogens with one attached hydrogen (secondary N) is 1. The molecule has 3 N–H and O–H groups in total. The highest BCUT2D eigenvalue weighted by molar-refractivity contribution is 5.66. The minimum atomic E-state index is -0.284. The van der Waals surface area contributed by atoms with Crippen molar-refractivity contribution in [3.8, 4) is 0 Å². The number of para-hydroxylation sites is 1. The molecule has 0 fully saturated rings. The van der Waals surface area contributed by atoms with Crippen LogP contribution in [-0.4, -0.2) is 6.04 Å². The monoisotopic (exact) mass is 196 g/mol. The zero-order chi connectivity index (χ0) is 10.6. The lowest BCUT2D eigenvalue weighted by Crippen LogP contribution is -2.16. The molecule has 0 saturated heterocycles. The third kappa shape index (κ3) is 2.62. The van der Waals surface area contributed by atoms with E-state index in [4.69, 9.17) is 5.73 Å². The van der Waals surface area contributed by atoms with Crippen molar-refractivity contribution in [2.24, 2.45) is 0 Å². The summed E-state index contributed by atoms with van der Waals surface area (Å²) in [4.78, 5) is 0. The summed E-state index contributed by atoms with van der Waals surface area (Å²) in [6, 6.07) is 4.97. The highest BCUT2D eigenvalue weighted by atomic mass is 19.1. The molecule has 2 nitrogen and oxygen atoms in total. The molecule has 1 aromatic carbocycles. The van der Waals surface area contributed by atoms with E-state index in [0.29, 0.717) is 11.4 Å². The Morgan fingerprint density at radius 2 is 2.21 bits per heavy atom. The fraction of sp³-hybridized carbons (Fsp3) is 0.455. The van der Waals surface area contributed by atoms with Crippen molar-refractivity contribution in [3.05, 3.63) is 24.0 Å². The number of hydrogen-bond donors (Lipinski definition) is 2. The molecular formula is C11H17FN2. The molecule has 1 unspecified atom stereocenters. The molecule has 0 heterocycles. The summed E-state index contributed by atoms with van der Waals surface area (Å²) in [5.74, 6) is -0.284. The van der Waals surface area contributed by atoms with Gasteiger partial charge in [-0.1, -0.05) is 19.4 Å². The average molecular weight is 196 g/mol. The number of benzene rings is 1. The van der Waals surface area contributed by atoms with Crippen molar-refractivity contribution in [2.45, 2.75) is 32.7 Å². The Balaban J connectivity index is 2.75. The molecular weight excluding hydrogens is 179 g/mol. The van der Waals surface area contributed by atoms with Crippen molar-refractivity contribution >= 4 is 11.4 Å². The maximum atomic E-state index is 13.3. The van der Waals surface area contributed by atoms with E-state index in [1.165, 1.54) is 6.07 Å². The van der Waals surface area contributed by atoms with Crippen molar-refractivity contribution in [1.82, 2.24) is 0 Å². The minimum Gasteiger partial charge on any atom is -0.397 e. The summed E-state index contributed by atoms with van der Waals surface area (Å²) < 4.78 is 13.3. The number of anilines is 2. The van der Waals surface area contributed by atoms with Crippen LogP contribution in [0.5, 0.6) is 0 Å². The van der Waals surface area contributed by atoms with Crippen molar-refractivity contribution in [2.75, 3.05) is 11.1 Å². The third-order valence-corrected chi connectivity index (χ3v) is 2.16. The predicted molar refractivity (Wildman–Crippen MR) is 58.8 cm³/mol. The van der Waals surface area contributed by atoms with Gasteiger partial charge in [-0.15, -0.1) is 0 Å². The second-order valence-corrected chi connectivity index (χ2v) is 3.54. The lowest BCUT2D eigenvalue weighted by molar-refractivity contribution is 0.621. The quantitative estimate of drug-likeness (QED) is 0.726. The minimum absolute atomic E-state index is 0.249. The molecule has 0 spiro atoms. The molecule has 14 heavy (non-hydrogen) atoms. The normalized spacial score (nSPS) is 12.5. The number of nitrogen functional groups attached to an aromatic ring is 1. The van der Waals surface area contributed by atoms with E-state index in [0.717, 1.165) is 12.8 Å². The summed E-state index contributed by atoms with van der Waals surface area (Å²) in [7, 11) is 0. The van der Waals surface area contributed by atoms with Gasteiger partial charge >= 0.3 is 0 Å². The molecule has 1 aromatic rings. The molecule has 0 aliphatic carbocycles. The van der Waals surface area contributed by atoms with Gasteiger partial charge < -0.3 is 11.1 Å². The second kappa shape index (κ2) is 4.84. The number of rotatable bonds is 4. The van der Waals surface area contributed by atoms with Crippen LogP contribution in [0.3, 0.4) is 0 Å². The van der Waals surface area contributed by atoms with E-state index in [2.05, 4.69) is 12.2 Å². The molecule has 78 valence electrons. The van der Waals surface area contributed by atoms with Gasteiger partial charge in [0.15, 0.2) is 0 Å². The van der Waals surface area contributed by atoms with Crippen molar-refractivity contribution in [3.63, 3.8) is 0 Å². The summed E-state index contributed by atoms with van der Waals surface area (Å²) in [5.41, 5.74) is 6.55. The first kappa shape index (κ1) is 10.8. The molecule has 0 bridgehead atoms. The molecule has 0 aliphatic rings. The molecule has 1 rings (SSSR count). The number of nitrogens with two attached hydrogens (primary N) is 1. The van der Waals surface area contributed by atoms with Crippen LogP contribution < -0.4 is 11.1 Å². The Hall–Kier alpha value is -1.25. The van der Waals surface area contributed by atoms with Gasteiger partial charge in [0.05, 0.1) is 11.4 Å². The maximum Gasteiger partial charge on any atom is 0.148 e. The van der Waals surface area contributed by atoms with Gasteiger partial charge in [0, 0.05) is 6.04 Å². The summed E-state index contributed by atoms with van der Waals surface area (Å²) in [5, 5.41) is 3.08. The van der Waals surface area contributed by atoms with Crippen LogP contribution in [0.1, 0.15) is 26.7 Å². The first-order valence-corrected chi connectivity index (χ1v) is 4.95. The first-order valence-electron chi connectivity index (χ1n) is 4.95. The highest BCUT2D eigenvalue weighted by Crippen LogP contribution is 2.23. The molecule has 0 aromatic heterocycles. The average Bonchev–Trinajstić information content (AvgIpc) is 2.12. The Morgan fingerprint density at radius 1 is 1.50 bits per heavy atom. The highest BCUT2D eigenvalue weighted by Gasteiger charge is 2.08. The zero-order valence-corrected chi connectivity index (χ0v) is 8.68. The lowest BCUT2D eigenvalue weighted by atomic mass is 10.1. The van der Waals surface area contributed by atoms with Gasteiger partial charge in [0.1, 0.15) is 5.82 Å². The summed E-state index contributed by atoms with van der Waals surface area (Å²) in [6.07, 6.45) is 2.08. The van der Waals surface area contributed by atoms with Gasteiger partial charge in [0.2, 0.25) is 0 Å². The Morgan fingerprint density at radius 3 is 2.79 bits per heavy atom. The number of hydrogen-bond acceptors (Lipinski definition) is 2. The second-order valence-electron chi connectivity index (χ2n) is 3.54. The Bertz CT molecular complexity index is 279. The van der Waals surface area contributed by atoms with E-state index >= 15 is 0 Å². The van der Waals surface area contributed by atoms with Gasteiger partial charge in [-0.2, -0.15) is 0 Å². The van der Waals surface area contributed by atoms with Crippen molar-refractivity contribution in [1.29, 1.82) is 0 Å². The molecule has 0 radical (unpaired) electrons. The molecule has 0 amide bonds. The molecule has 1 atom stereocenters. The van der Waals surface area contributed by atoms with E-state index in [9.17, 15) is 4.39 Å². The summed E-state index contributed by atoms with van der Waals surface area (Å²) >= 11 is 0. The topological polar surface area (TPSA) is 38.0 Å². The standard InChI is InChI=1S/C11H17FN2/c1-3-5-8(2)14-11-9(12)6-4-7-10(11)13/h4,6-8,14H,3,5,13H2,1-2H3. The van der Waals surface area contributed by atoms with Crippen LogP contribution in [-0.2, 0) is 0 Å². The van der Waals surface area contributed by atoms with E-state index in [1.807, 2.05) is 6.92 Å². The zero-order valence-electron chi connectivity index (χ0n) is 8.68. The molecule has 0 saturated carbocycles. The predicted octanol–water partition coefficient (Wildman–Crippen LogP) is 3.01. The lowest BCUT2D eigenvalue weighted by Gasteiger charge is -2.16. The fourth-order valence-corrected chi connectivity index (χ4v) is 1.44. The van der Waals surface area contributed by atoms with Crippen molar-refractivity contribution < 1.29 is 4.39 Å². The summed E-state index contributed by atoms with van der Waals surface area (Å²) in [6.45, 7) is 4.12. The van der Waals surface area contributed by atoms with E-state index in [1.54, 1.807) is 12.1 Å². The van der Waals surface area contributed by atoms with Gasteiger partial charge in [-0.3, -0.25) is 0 Å². The van der Waals surface area contributed by atoms with Crippen LogP contribution in [0.15, 0.2) is 18.2 Å².